The predicted molar refractivity (Wildman–Crippen MR) is 122 cm³/mol. The van der Waals surface area contributed by atoms with Crippen molar-refractivity contribution in [1.29, 1.82) is 0 Å². The van der Waals surface area contributed by atoms with Gasteiger partial charge in [0.05, 0.1) is 6.10 Å². The fourth-order valence-electron chi connectivity index (χ4n) is 5.28. The topological polar surface area (TPSA) is 74.8 Å². The van der Waals surface area contributed by atoms with Crippen molar-refractivity contribution in [1.82, 2.24) is 16.0 Å². The second kappa shape index (κ2) is 9.49. The van der Waals surface area contributed by atoms with Gasteiger partial charge in [-0.05, 0) is 58.3 Å². The quantitative estimate of drug-likeness (QED) is 0.296. The van der Waals surface area contributed by atoms with E-state index < -0.39 is 0 Å². The van der Waals surface area contributed by atoms with Crippen LogP contribution in [0.3, 0.4) is 0 Å². The van der Waals surface area contributed by atoms with Crippen LogP contribution in [-0.4, -0.2) is 49.8 Å². The van der Waals surface area contributed by atoms with Crippen LogP contribution in [0.1, 0.15) is 71.1 Å². The molecule has 4 saturated carbocycles. The van der Waals surface area contributed by atoms with Gasteiger partial charge in [0.25, 0.3) is 0 Å². The summed E-state index contributed by atoms with van der Waals surface area (Å²) < 4.78 is 5.96. The Morgan fingerprint density at radius 2 is 1.82 bits per heavy atom. The molecule has 0 aromatic carbocycles. The third-order valence-electron chi connectivity index (χ3n) is 7.28. The number of carbonyl (C=O) groups excluding carboxylic acids is 1. The third kappa shape index (κ3) is 4.60. The molecule has 1 amide bonds. The maximum Gasteiger partial charge on any atom is 0.223 e. The van der Waals surface area contributed by atoms with Crippen LogP contribution in [0.25, 0.3) is 0 Å². The molecular formula is C21H37IN4O2. The van der Waals surface area contributed by atoms with Gasteiger partial charge in [-0.25, -0.2) is 0 Å². The Hall–Kier alpha value is -0.570. The molecule has 0 aliphatic heterocycles. The molecule has 4 aliphatic carbocycles. The summed E-state index contributed by atoms with van der Waals surface area (Å²) in [6.45, 7) is 2.89. The molecule has 1 spiro atoms. The molecule has 0 bridgehead atoms. The van der Waals surface area contributed by atoms with Crippen LogP contribution in [-0.2, 0) is 9.53 Å². The molecule has 0 heterocycles. The van der Waals surface area contributed by atoms with Crippen LogP contribution >= 0.6 is 24.0 Å². The van der Waals surface area contributed by atoms with Crippen LogP contribution in [0.15, 0.2) is 4.99 Å². The lowest BCUT2D eigenvalue weighted by Crippen LogP contribution is -2.69. The normalized spacial score (nSPS) is 33.9. The number of hydrogen-bond donors (Lipinski definition) is 3. The maximum atomic E-state index is 12.4. The lowest BCUT2D eigenvalue weighted by atomic mass is 9.51. The summed E-state index contributed by atoms with van der Waals surface area (Å²) >= 11 is 0. The molecule has 6 nitrogen and oxygen atoms in total. The van der Waals surface area contributed by atoms with E-state index in [0.717, 1.165) is 57.5 Å². The number of nitrogens with zero attached hydrogens (tertiary/aromatic N) is 1. The van der Waals surface area contributed by atoms with Gasteiger partial charge in [0.1, 0.15) is 0 Å². The second-order valence-corrected chi connectivity index (χ2v) is 9.02. The average molecular weight is 504 g/mol. The Bertz CT molecular complexity index is 577. The van der Waals surface area contributed by atoms with Crippen LogP contribution in [0.2, 0.25) is 0 Å². The zero-order valence-corrected chi connectivity index (χ0v) is 19.7. The van der Waals surface area contributed by atoms with E-state index in [1.807, 2.05) is 7.05 Å². The first-order chi connectivity index (χ1) is 13.1. The maximum absolute atomic E-state index is 12.4. The molecule has 4 unspecified atom stereocenters. The monoisotopic (exact) mass is 504 g/mol. The number of guanidine groups is 1. The van der Waals surface area contributed by atoms with Gasteiger partial charge in [0.15, 0.2) is 5.96 Å². The summed E-state index contributed by atoms with van der Waals surface area (Å²) in [5, 5.41) is 10.5. The van der Waals surface area contributed by atoms with Crippen molar-refractivity contribution in [2.24, 2.45) is 16.3 Å². The van der Waals surface area contributed by atoms with Crippen molar-refractivity contribution >= 4 is 35.8 Å². The number of carbonyl (C=O) groups is 1. The molecule has 0 radical (unpaired) electrons. The summed E-state index contributed by atoms with van der Waals surface area (Å²) in [5.74, 6) is 1.31. The number of hydrogen-bond acceptors (Lipinski definition) is 3. The SMILES string of the molecule is CCOC1CC(NC(=NC)NC2CCCC(C(=O)NC3CC3)C2)C12CCC2.I. The van der Waals surface area contributed by atoms with Crippen molar-refractivity contribution in [3.8, 4) is 0 Å². The largest absolute Gasteiger partial charge is 0.378 e. The zero-order valence-electron chi connectivity index (χ0n) is 17.3. The molecule has 4 atom stereocenters. The molecule has 3 N–H and O–H groups in total. The van der Waals surface area contributed by atoms with E-state index in [1.54, 1.807) is 0 Å². The fraction of sp³-hybridized carbons (Fsp3) is 0.905. The van der Waals surface area contributed by atoms with Crippen LogP contribution in [0, 0.1) is 11.3 Å². The number of rotatable bonds is 6. The molecule has 7 heteroatoms. The van der Waals surface area contributed by atoms with Gasteiger partial charge < -0.3 is 20.7 Å². The Balaban J connectivity index is 0.00000225. The molecule has 0 aromatic rings. The van der Waals surface area contributed by atoms with Gasteiger partial charge in [0.2, 0.25) is 5.91 Å². The van der Waals surface area contributed by atoms with Crippen molar-refractivity contribution < 1.29 is 9.53 Å². The van der Waals surface area contributed by atoms with Gasteiger partial charge in [-0.1, -0.05) is 12.8 Å². The number of amides is 1. The average Bonchev–Trinajstić information content (AvgIpc) is 3.42. The molecule has 4 fully saturated rings. The van der Waals surface area contributed by atoms with Crippen molar-refractivity contribution in [2.75, 3.05) is 13.7 Å². The van der Waals surface area contributed by atoms with Crippen LogP contribution < -0.4 is 16.0 Å². The number of ether oxygens (including phenoxy) is 1. The van der Waals surface area contributed by atoms with Crippen LogP contribution in [0.5, 0.6) is 0 Å². The van der Waals surface area contributed by atoms with Crippen LogP contribution in [0.4, 0.5) is 0 Å². The van der Waals surface area contributed by atoms with Gasteiger partial charge in [-0.2, -0.15) is 0 Å². The van der Waals surface area contributed by atoms with Gasteiger partial charge in [-0.3, -0.25) is 9.79 Å². The van der Waals surface area contributed by atoms with E-state index in [-0.39, 0.29) is 35.8 Å². The first kappa shape index (κ1) is 22.1. The Kier molecular flexibility index (Phi) is 7.50. The third-order valence-corrected chi connectivity index (χ3v) is 7.28. The summed E-state index contributed by atoms with van der Waals surface area (Å²) in [6.07, 6.45) is 11.8. The van der Waals surface area contributed by atoms with E-state index in [1.165, 1.54) is 19.3 Å². The minimum atomic E-state index is 0. The summed E-state index contributed by atoms with van der Waals surface area (Å²) in [5.41, 5.74) is 0.326. The van der Waals surface area contributed by atoms with Gasteiger partial charge in [0, 0.05) is 43.1 Å². The zero-order chi connectivity index (χ0) is 18.9. The van der Waals surface area contributed by atoms with E-state index in [9.17, 15) is 4.79 Å². The number of aliphatic imine (C=N–C) groups is 1. The highest BCUT2D eigenvalue weighted by Crippen LogP contribution is 2.57. The Morgan fingerprint density at radius 3 is 2.43 bits per heavy atom. The summed E-state index contributed by atoms with van der Waals surface area (Å²) in [7, 11) is 1.85. The smallest absolute Gasteiger partial charge is 0.223 e. The molecule has 28 heavy (non-hydrogen) atoms. The Labute approximate surface area is 186 Å². The molecule has 4 aliphatic rings. The molecule has 0 aromatic heterocycles. The number of nitrogens with one attached hydrogen (secondary N) is 3. The molecular weight excluding hydrogens is 467 g/mol. The standard InChI is InChI=1S/C21H36N4O2.HI/c1-3-27-18-13-17(21(18)10-5-11-21)25-20(22-2)24-16-7-4-6-14(12-16)19(26)23-15-8-9-15;/h14-18H,3-13H2,1-2H3,(H,23,26)(H2,22,24,25);1H. The second-order valence-electron chi connectivity index (χ2n) is 9.02. The molecule has 0 saturated heterocycles. The van der Waals surface area contributed by atoms with Crippen molar-refractivity contribution in [3.05, 3.63) is 0 Å². The fourth-order valence-corrected chi connectivity index (χ4v) is 5.28. The van der Waals surface area contributed by atoms with E-state index in [2.05, 4.69) is 27.9 Å². The first-order valence-corrected chi connectivity index (χ1v) is 11.1. The van der Waals surface area contributed by atoms with Gasteiger partial charge >= 0.3 is 0 Å². The highest BCUT2D eigenvalue weighted by molar-refractivity contribution is 14.0. The van der Waals surface area contributed by atoms with Crippen molar-refractivity contribution in [3.63, 3.8) is 0 Å². The summed E-state index contributed by atoms with van der Waals surface area (Å²) in [6, 6.07) is 1.25. The number of halogens is 1. The summed E-state index contributed by atoms with van der Waals surface area (Å²) in [4.78, 5) is 16.9. The van der Waals surface area contributed by atoms with E-state index >= 15 is 0 Å². The highest BCUT2D eigenvalue weighted by atomic mass is 127. The first-order valence-electron chi connectivity index (χ1n) is 11.1. The van der Waals surface area contributed by atoms with E-state index in [0.29, 0.717) is 29.6 Å². The molecule has 4 rings (SSSR count). The lowest BCUT2D eigenvalue weighted by molar-refractivity contribution is -0.168. The predicted octanol–water partition coefficient (Wildman–Crippen LogP) is 2.95. The Morgan fingerprint density at radius 1 is 1.04 bits per heavy atom. The highest BCUT2D eigenvalue weighted by Gasteiger charge is 2.59. The minimum Gasteiger partial charge on any atom is -0.378 e. The van der Waals surface area contributed by atoms with Gasteiger partial charge in [-0.15, -0.1) is 24.0 Å². The van der Waals surface area contributed by atoms with Crippen molar-refractivity contribution in [2.45, 2.75) is 95.4 Å². The molecule has 160 valence electrons. The van der Waals surface area contributed by atoms with E-state index in [4.69, 9.17) is 4.74 Å². The minimum absolute atomic E-state index is 0. The lowest BCUT2D eigenvalue weighted by Gasteiger charge is -2.61.